The zero-order valence-corrected chi connectivity index (χ0v) is 13.6. The average Bonchev–Trinajstić information content (AvgIpc) is 2.85. The molecule has 1 amide bonds. The molecule has 2 N–H and O–H groups in total. The number of carbonyl (C=O) groups excluding carboxylic acids is 1. The highest BCUT2D eigenvalue weighted by Crippen LogP contribution is 2.19. The molecule has 1 aromatic heterocycles. The molecule has 0 aliphatic heterocycles. The van der Waals surface area contributed by atoms with Gasteiger partial charge in [0.15, 0.2) is 13.1 Å². The van der Waals surface area contributed by atoms with Crippen molar-refractivity contribution in [2.24, 2.45) is 0 Å². The van der Waals surface area contributed by atoms with Crippen LogP contribution in [0.1, 0.15) is 19.7 Å². The number of rotatable bonds is 6. The Bertz CT molecular complexity index is 642. The van der Waals surface area contributed by atoms with Crippen molar-refractivity contribution < 1.29 is 14.2 Å². The van der Waals surface area contributed by atoms with Crippen molar-refractivity contribution in [1.29, 1.82) is 0 Å². The number of nitrogens with one attached hydrogen (secondary N) is 2. The van der Waals surface area contributed by atoms with E-state index in [0.717, 1.165) is 10.5 Å². The zero-order chi connectivity index (χ0) is 16.1. The van der Waals surface area contributed by atoms with Crippen molar-refractivity contribution in [3.8, 4) is 11.4 Å². The van der Waals surface area contributed by atoms with Crippen LogP contribution in [0.25, 0.3) is 11.4 Å². The number of hydrogen-bond donors (Lipinski definition) is 2. The minimum atomic E-state index is 0.00193. The Kier molecular flexibility index (Phi) is 5.51. The molecule has 0 radical (unpaired) electrons. The van der Waals surface area contributed by atoms with E-state index in [-0.39, 0.29) is 11.9 Å². The fourth-order valence-corrected chi connectivity index (χ4v) is 2.23. The lowest BCUT2D eigenvalue weighted by Gasteiger charge is -2.13. The van der Waals surface area contributed by atoms with Crippen molar-refractivity contribution in [3.63, 3.8) is 0 Å². The van der Waals surface area contributed by atoms with Gasteiger partial charge in [0.05, 0.1) is 7.05 Å². The quantitative estimate of drug-likeness (QED) is 0.829. The first-order valence-corrected chi connectivity index (χ1v) is 7.51. The van der Waals surface area contributed by atoms with Crippen molar-refractivity contribution in [2.75, 3.05) is 13.6 Å². The highest BCUT2D eigenvalue weighted by molar-refractivity contribution is 6.30. The van der Waals surface area contributed by atoms with E-state index in [4.69, 9.17) is 16.1 Å². The molecule has 0 saturated heterocycles. The van der Waals surface area contributed by atoms with Crippen LogP contribution in [0.4, 0.5) is 0 Å². The van der Waals surface area contributed by atoms with Crippen LogP contribution in [0.15, 0.2) is 28.8 Å². The van der Waals surface area contributed by atoms with Crippen molar-refractivity contribution in [1.82, 2.24) is 15.5 Å². The van der Waals surface area contributed by atoms with Crippen LogP contribution in [-0.2, 0) is 11.3 Å². The molecule has 1 heterocycles. The summed E-state index contributed by atoms with van der Waals surface area (Å²) in [5, 5.41) is 7.43. The van der Waals surface area contributed by atoms with Gasteiger partial charge in [0.25, 0.3) is 11.8 Å². The van der Waals surface area contributed by atoms with E-state index in [1.807, 2.05) is 33.0 Å². The highest BCUT2D eigenvalue weighted by Gasteiger charge is 2.16. The smallest absolute Gasteiger partial charge is 0.282 e. The second kappa shape index (κ2) is 7.38. The molecule has 1 aromatic carbocycles. The van der Waals surface area contributed by atoms with Gasteiger partial charge in [0.1, 0.15) is 0 Å². The molecule has 0 saturated carbocycles. The van der Waals surface area contributed by atoms with E-state index in [1.165, 1.54) is 0 Å². The van der Waals surface area contributed by atoms with Gasteiger partial charge in [0, 0.05) is 16.6 Å². The van der Waals surface area contributed by atoms with Gasteiger partial charge in [-0.3, -0.25) is 4.79 Å². The van der Waals surface area contributed by atoms with E-state index in [1.54, 1.807) is 12.1 Å². The molecule has 0 spiro atoms. The Hall–Kier alpha value is -1.92. The number of halogens is 1. The van der Waals surface area contributed by atoms with Crippen LogP contribution >= 0.6 is 11.6 Å². The third kappa shape index (κ3) is 4.82. The summed E-state index contributed by atoms with van der Waals surface area (Å²) in [6.45, 7) is 4.71. The van der Waals surface area contributed by atoms with Crippen LogP contribution in [0.5, 0.6) is 0 Å². The van der Waals surface area contributed by atoms with E-state index in [9.17, 15) is 4.79 Å². The number of quaternary nitrogens is 1. The summed E-state index contributed by atoms with van der Waals surface area (Å²) >= 11 is 5.95. The molecule has 0 aliphatic rings. The highest BCUT2D eigenvalue weighted by atomic mass is 35.5. The molecule has 22 heavy (non-hydrogen) atoms. The van der Waals surface area contributed by atoms with Gasteiger partial charge in [-0.1, -0.05) is 28.9 Å². The van der Waals surface area contributed by atoms with E-state index < -0.39 is 0 Å². The second-order valence-electron chi connectivity index (χ2n) is 5.55. The van der Waals surface area contributed by atoms with Gasteiger partial charge in [-0.25, -0.2) is 0 Å². The number of aromatic nitrogens is 2. The summed E-state index contributed by atoms with van der Waals surface area (Å²) in [6.07, 6.45) is 0. The summed E-state index contributed by atoms with van der Waals surface area (Å²) in [5.41, 5.74) is 0.803. The summed E-state index contributed by atoms with van der Waals surface area (Å²) in [6, 6.07) is 7.41. The lowest BCUT2D eigenvalue weighted by atomic mass is 10.2. The third-order valence-electron chi connectivity index (χ3n) is 2.92. The number of amides is 1. The normalized spacial score (nSPS) is 12.4. The predicted octanol–water partition coefficient (Wildman–Crippen LogP) is 0.929. The average molecular weight is 324 g/mol. The molecule has 1 atom stereocenters. The largest absolute Gasteiger partial charge is 0.349 e. The minimum absolute atomic E-state index is 0.00193. The molecule has 2 rings (SSSR count). The summed E-state index contributed by atoms with van der Waals surface area (Å²) in [5.74, 6) is 0.990. The Morgan fingerprint density at radius 3 is 2.91 bits per heavy atom. The standard InChI is InChI=1S/C15H19ClN4O2/c1-10(2)17-13(21)8-20(3)9-14-18-15(19-22-14)11-5-4-6-12(16)7-11/h4-7,10H,8-9H2,1-3H3,(H,17,21)/p+1. The topological polar surface area (TPSA) is 72.5 Å². The van der Waals surface area contributed by atoms with Gasteiger partial charge >= 0.3 is 0 Å². The van der Waals surface area contributed by atoms with Crippen LogP contribution in [0.2, 0.25) is 5.02 Å². The number of benzene rings is 1. The lowest BCUT2D eigenvalue weighted by molar-refractivity contribution is -0.886. The summed E-state index contributed by atoms with van der Waals surface area (Å²) in [4.78, 5) is 17.0. The maximum Gasteiger partial charge on any atom is 0.282 e. The first-order chi connectivity index (χ1) is 10.4. The lowest BCUT2D eigenvalue weighted by Crippen LogP contribution is -3.09. The fourth-order valence-electron chi connectivity index (χ4n) is 2.04. The van der Waals surface area contributed by atoms with Crippen molar-refractivity contribution >= 4 is 17.5 Å². The molecule has 6 nitrogen and oxygen atoms in total. The van der Waals surface area contributed by atoms with Gasteiger partial charge in [-0.2, -0.15) is 4.98 Å². The molecule has 0 aliphatic carbocycles. The molecule has 1 unspecified atom stereocenters. The number of carbonyl (C=O) groups is 1. The summed E-state index contributed by atoms with van der Waals surface area (Å²) in [7, 11) is 1.91. The van der Waals surface area contributed by atoms with Crippen molar-refractivity contribution in [3.05, 3.63) is 35.2 Å². The monoisotopic (exact) mass is 323 g/mol. The third-order valence-corrected chi connectivity index (χ3v) is 3.15. The number of likely N-dealkylation sites (N-methyl/N-ethyl adjacent to an activating group) is 1. The predicted molar refractivity (Wildman–Crippen MR) is 83.5 cm³/mol. The summed E-state index contributed by atoms with van der Waals surface area (Å²) < 4.78 is 5.24. The van der Waals surface area contributed by atoms with E-state index in [2.05, 4.69) is 15.5 Å². The molecule has 0 bridgehead atoms. The molecule has 0 fully saturated rings. The van der Waals surface area contributed by atoms with Gasteiger partial charge in [0.2, 0.25) is 5.82 Å². The van der Waals surface area contributed by atoms with Crippen LogP contribution < -0.4 is 10.2 Å². The maximum absolute atomic E-state index is 11.7. The molecular formula is C15H20ClN4O2+. The van der Waals surface area contributed by atoms with Gasteiger partial charge in [-0.15, -0.1) is 0 Å². The van der Waals surface area contributed by atoms with Gasteiger partial charge in [-0.05, 0) is 26.0 Å². The Balaban J connectivity index is 1.96. The van der Waals surface area contributed by atoms with Crippen molar-refractivity contribution in [2.45, 2.75) is 26.4 Å². The molecule has 7 heteroatoms. The number of hydrogen-bond acceptors (Lipinski definition) is 4. The molecular weight excluding hydrogens is 304 g/mol. The molecule has 118 valence electrons. The van der Waals surface area contributed by atoms with E-state index in [0.29, 0.717) is 29.8 Å². The maximum atomic E-state index is 11.7. The molecule has 2 aromatic rings. The Morgan fingerprint density at radius 2 is 2.23 bits per heavy atom. The Labute approximate surface area is 134 Å². The van der Waals surface area contributed by atoms with Crippen LogP contribution in [-0.4, -0.2) is 35.7 Å². The van der Waals surface area contributed by atoms with Gasteiger partial charge < -0.3 is 14.7 Å². The first-order valence-electron chi connectivity index (χ1n) is 7.13. The Morgan fingerprint density at radius 1 is 1.45 bits per heavy atom. The first kappa shape index (κ1) is 16.5. The second-order valence-corrected chi connectivity index (χ2v) is 5.99. The van der Waals surface area contributed by atoms with Crippen LogP contribution in [0, 0.1) is 0 Å². The zero-order valence-electron chi connectivity index (χ0n) is 12.9. The SMILES string of the molecule is CC(C)NC(=O)C[NH+](C)Cc1nc(-c2cccc(Cl)c2)no1. The van der Waals surface area contributed by atoms with E-state index >= 15 is 0 Å². The number of nitrogens with zero attached hydrogens (tertiary/aromatic N) is 2. The van der Waals surface area contributed by atoms with Crippen LogP contribution in [0.3, 0.4) is 0 Å². The fraction of sp³-hybridized carbons (Fsp3) is 0.400. The minimum Gasteiger partial charge on any atom is -0.349 e.